The first-order valence-electron chi connectivity index (χ1n) is 7.79. The Morgan fingerprint density at radius 2 is 1.94 bits per heavy atom. The van der Waals surface area contributed by atoms with E-state index in [9.17, 15) is 4.79 Å². The molecule has 0 spiro atoms. The molecule has 2 nitrogen and oxygen atoms in total. The molecule has 1 aliphatic rings. The van der Waals surface area contributed by atoms with Crippen LogP contribution in [0.3, 0.4) is 0 Å². The summed E-state index contributed by atoms with van der Waals surface area (Å²) in [5, 5.41) is 0. The van der Waals surface area contributed by atoms with Crippen LogP contribution in [0.1, 0.15) is 73.1 Å². The van der Waals surface area contributed by atoms with Crippen LogP contribution in [0.15, 0.2) is 0 Å². The zero-order chi connectivity index (χ0) is 13.7. The molecule has 1 saturated heterocycles. The van der Waals surface area contributed by atoms with Crippen LogP contribution in [0, 0.1) is 11.8 Å². The average molecular weight is 253 g/mol. The Morgan fingerprint density at radius 1 is 1.28 bits per heavy atom. The number of hydrogen-bond acceptors (Lipinski definition) is 1. The summed E-state index contributed by atoms with van der Waals surface area (Å²) in [6, 6.07) is 0.938. The molecule has 18 heavy (non-hydrogen) atoms. The highest BCUT2D eigenvalue weighted by Crippen LogP contribution is 2.28. The smallest absolute Gasteiger partial charge is 0.225 e. The van der Waals surface area contributed by atoms with Gasteiger partial charge in [-0.15, -0.1) is 0 Å². The SMILES string of the molecule is CCC(C)CCC1CCCC(C)N1C(=O)C(C)C. The van der Waals surface area contributed by atoms with Gasteiger partial charge in [0, 0.05) is 18.0 Å². The second-order valence-electron chi connectivity index (χ2n) is 6.42. The Bertz CT molecular complexity index is 262. The Hall–Kier alpha value is -0.530. The minimum absolute atomic E-state index is 0.136. The molecule has 1 amide bonds. The van der Waals surface area contributed by atoms with Crippen LogP contribution < -0.4 is 0 Å². The lowest BCUT2D eigenvalue weighted by Gasteiger charge is -2.42. The largest absolute Gasteiger partial charge is 0.337 e. The standard InChI is InChI=1S/C16H31NO/c1-6-13(4)10-11-15-9-7-8-14(5)17(15)16(18)12(2)3/h12-15H,6-11H2,1-5H3. The molecular formula is C16H31NO. The van der Waals surface area contributed by atoms with Gasteiger partial charge >= 0.3 is 0 Å². The van der Waals surface area contributed by atoms with Gasteiger partial charge in [-0.2, -0.15) is 0 Å². The maximum Gasteiger partial charge on any atom is 0.225 e. The molecule has 0 N–H and O–H groups in total. The number of piperidine rings is 1. The van der Waals surface area contributed by atoms with Crippen molar-refractivity contribution < 1.29 is 4.79 Å². The molecule has 3 unspecified atom stereocenters. The molecule has 0 saturated carbocycles. The fourth-order valence-corrected chi connectivity index (χ4v) is 2.95. The van der Waals surface area contributed by atoms with Crippen molar-refractivity contribution in [2.45, 2.75) is 85.2 Å². The fourth-order valence-electron chi connectivity index (χ4n) is 2.95. The summed E-state index contributed by atoms with van der Waals surface area (Å²) in [7, 11) is 0. The topological polar surface area (TPSA) is 20.3 Å². The lowest BCUT2D eigenvalue weighted by atomic mass is 9.89. The van der Waals surface area contributed by atoms with Crippen molar-refractivity contribution in [3.8, 4) is 0 Å². The van der Waals surface area contributed by atoms with Crippen LogP contribution in [0.25, 0.3) is 0 Å². The third-order valence-electron chi connectivity index (χ3n) is 4.47. The minimum atomic E-state index is 0.136. The summed E-state index contributed by atoms with van der Waals surface area (Å²) in [4.78, 5) is 14.6. The van der Waals surface area contributed by atoms with Gasteiger partial charge in [0.2, 0.25) is 5.91 Å². The molecule has 2 heteroatoms. The number of rotatable bonds is 5. The molecule has 0 aromatic heterocycles. The molecule has 0 bridgehead atoms. The first-order chi connectivity index (χ1) is 8.47. The minimum Gasteiger partial charge on any atom is -0.337 e. The second-order valence-corrected chi connectivity index (χ2v) is 6.42. The molecule has 1 aliphatic heterocycles. The third-order valence-corrected chi connectivity index (χ3v) is 4.47. The zero-order valence-corrected chi connectivity index (χ0v) is 12.9. The molecule has 3 atom stereocenters. The quantitative estimate of drug-likeness (QED) is 0.717. The molecular weight excluding hydrogens is 222 g/mol. The van der Waals surface area contributed by atoms with Crippen LogP contribution in [0.5, 0.6) is 0 Å². The van der Waals surface area contributed by atoms with E-state index in [0.717, 1.165) is 5.92 Å². The molecule has 1 fully saturated rings. The highest BCUT2D eigenvalue weighted by molar-refractivity contribution is 5.78. The fraction of sp³-hybridized carbons (Fsp3) is 0.938. The van der Waals surface area contributed by atoms with Crippen molar-refractivity contribution >= 4 is 5.91 Å². The highest BCUT2D eigenvalue weighted by Gasteiger charge is 2.32. The van der Waals surface area contributed by atoms with E-state index in [4.69, 9.17) is 0 Å². The number of carbonyl (C=O) groups is 1. The summed E-state index contributed by atoms with van der Waals surface area (Å²) in [5.74, 6) is 1.28. The van der Waals surface area contributed by atoms with Crippen LogP contribution in [-0.4, -0.2) is 22.9 Å². The molecule has 0 aromatic carbocycles. The van der Waals surface area contributed by atoms with Crippen molar-refractivity contribution in [2.75, 3.05) is 0 Å². The van der Waals surface area contributed by atoms with Crippen molar-refractivity contribution in [3.63, 3.8) is 0 Å². The van der Waals surface area contributed by atoms with E-state index in [1.165, 1.54) is 38.5 Å². The first-order valence-corrected chi connectivity index (χ1v) is 7.79. The van der Waals surface area contributed by atoms with Gasteiger partial charge in [0.15, 0.2) is 0 Å². The average Bonchev–Trinajstić information content (AvgIpc) is 2.35. The van der Waals surface area contributed by atoms with Gasteiger partial charge in [0.1, 0.15) is 0 Å². The van der Waals surface area contributed by atoms with Crippen LogP contribution in [0.2, 0.25) is 0 Å². The van der Waals surface area contributed by atoms with E-state index in [-0.39, 0.29) is 5.92 Å². The molecule has 0 radical (unpaired) electrons. The summed E-state index contributed by atoms with van der Waals surface area (Å²) in [5.41, 5.74) is 0. The molecule has 1 rings (SSSR count). The summed E-state index contributed by atoms with van der Waals surface area (Å²) in [6.07, 6.45) is 7.37. The third kappa shape index (κ3) is 4.00. The lowest BCUT2D eigenvalue weighted by molar-refractivity contribution is -0.141. The van der Waals surface area contributed by atoms with E-state index in [1.54, 1.807) is 0 Å². The van der Waals surface area contributed by atoms with Crippen molar-refractivity contribution in [3.05, 3.63) is 0 Å². The number of likely N-dealkylation sites (tertiary alicyclic amines) is 1. The second kappa shape index (κ2) is 7.16. The Morgan fingerprint density at radius 3 is 2.50 bits per heavy atom. The van der Waals surface area contributed by atoms with Gasteiger partial charge in [-0.1, -0.05) is 34.1 Å². The van der Waals surface area contributed by atoms with E-state index in [0.29, 0.717) is 18.0 Å². The predicted octanol–water partition coefficient (Wildman–Crippen LogP) is 4.24. The monoisotopic (exact) mass is 253 g/mol. The molecule has 0 aliphatic carbocycles. The van der Waals surface area contributed by atoms with E-state index >= 15 is 0 Å². The van der Waals surface area contributed by atoms with Crippen LogP contribution in [-0.2, 0) is 4.79 Å². The summed E-state index contributed by atoms with van der Waals surface area (Å²) >= 11 is 0. The Kier molecular flexibility index (Phi) is 6.17. The number of amides is 1. The van der Waals surface area contributed by atoms with E-state index in [1.807, 2.05) is 13.8 Å². The number of nitrogens with zero attached hydrogens (tertiary/aromatic N) is 1. The summed E-state index contributed by atoms with van der Waals surface area (Å²) < 4.78 is 0. The van der Waals surface area contributed by atoms with Gasteiger partial charge in [-0.3, -0.25) is 4.79 Å². The van der Waals surface area contributed by atoms with Crippen LogP contribution in [0.4, 0.5) is 0 Å². The number of carbonyl (C=O) groups excluding carboxylic acids is 1. The summed E-state index contributed by atoms with van der Waals surface area (Å²) in [6.45, 7) is 10.8. The van der Waals surface area contributed by atoms with Crippen molar-refractivity contribution in [1.29, 1.82) is 0 Å². The van der Waals surface area contributed by atoms with E-state index < -0.39 is 0 Å². The first kappa shape index (κ1) is 15.5. The number of hydrogen-bond donors (Lipinski definition) is 0. The maximum absolute atomic E-state index is 12.4. The Labute approximate surface area is 113 Å². The normalized spacial score (nSPS) is 26.4. The van der Waals surface area contributed by atoms with E-state index in [2.05, 4.69) is 25.7 Å². The van der Waals surface area contributed by atoms with Gasteiger partial charge < -0.3 is 4.90 Å². The molecule has 106 valence electrons. The van der Waals surface area contributed by atoms with Gasteiger partial charge in [0.05, 0.1) is 0 Å². The van der Waals surface area contributed by atoms with Crippen molar-refractivity contribution in [2.24, 2.45) is 11.8 Å². The van der Waals surface area contributed by atoms with Gasteiger partial charge in [0.25, 0.3) is 0 Å². The van der Waals surface area contributed by atoms with Crippen molar-refractivity contribution in [1.82, 2.24) is 4.90 Å². The van der Waals surface area contributed by atoms with Crippen LogP contribution >= 0.6 is 0 Å². The molecule has 0 aromatic rings. The zero-order valence-electron chi connectivity index (χ0n) is 12.9. The Balaban J connectivity index is 2.64. The van der Waals surface area contributed by atoms with Gasteiger partial charge in [-0.25, -0.2) is 0 Å². The highest BCUT2D eigenvalue weighted by atomic mass is 16.2. The lowest BCUT2D eigenvalue weighted by Crippen LogP contribution is -2.50. The predicted molar refractivity (Wildman–Crippen MR) is 77.5 cm³/mol. The molecule has 1 heterocycles. The maximum atomic E-state index is 12.4. The van der Waals surface area contributed by atoms with Gasteiger partial charge in [-0.05, 0) is 44.9 Å².